The van der Waals surface area contributed by atoms with E-state index in [-0.39, 0.29) is 62.4 Å². The predicted molar refractivity (Wildman–Crippen MR) is 578 cm³/mol. The normalized spacial score (nSPS) is 18.7. The molecule has 5 aromatic carbocycles. The number of carboxylic acid groups (broad SMARTS) is 2. The van der Waals surface area contributed by atoms with Crippen molar-refractivity contribution in [2.75, 3.05) is 117 Å². The lowest BCUT2D eigenvalue weighted by Crippen LogP contribution is -2.36. The number of hydrogen-bond donors (Lipinski definition) is 5. The first-order valence-corrected chi connectivity index (χ1v) is 56.3. The summed E-state index contributed by atoms with van der Waals surface area (Å²) in [7, 11) is -1.39. The van der Waals surface area contributed by atoms with Gasteiger partial charge in [0.05, 0.1) is 22.5 Å². The molecule has 2 atom stereocenters. The highest BCUT2D eigenvalue weighted by atomic mass is 35.5. The third-order valence-corrected chi connectivity index (χ3v) is 34.9. The van der Waals surface area contributed by atoms with E-state index in [4.69, 9.17) is 22.4 Å². The number of nitrogen functional groups attached to an aromatic ring is 1. The van der Waals surface area contributed by atoms with Gasteiger partial charge in [0.15, 0.2) is 19.7 Å². The van der Waals surface area contributed by atoms with Crippen molar-refractivity contribution in [1.29, 1.82) is 0 Å². The van der Waals surface area contributed by atoms with Crippen LogP contribution in [0.2, 0.25) is 0 Å². The van der Waals surface area contributed by atoms with Gasteiger partial charge in [-0.2, -0.15) is 0 Å². The number of allylic oxidation sites excluding steroid dienone is 5. The summed E-state index contributed by atoms with van der Waals surface area (Å²) in [5.41, 5.74) is 32.7. The maximum Gasteiger partial charge on any atom is 0.326 e. The molecule has 8 aliphatic carbocycles. The highest BCUT2D eigenvalue weighted by Crippen LogP contribution is 2.58. The maximum atomic E-state index is 12.7. The molecule has 5 aliphatic heterocycles. The molecule has 3 spiro atoms. The van der Waals surface area contributed by atoms with E-state index in [1.807, 2.05) is 134 Å². The topological polar surface area (TPSA) is 370 Å². The molecule has 758 valence electrons. The van der Waals surface area contributed by atoms with E-state index in [0.29, 0.717) is 89.0 Å². The van der Waals surface area contributed by atoms with Crippen LogP contribution in [-0.4, -0.2) is 165 Å². The van der Waals surface area contributed by atoms with Crippen molar-refractivity contribution < 1.29 is 49.9 Å². The first kappa shape index (κ1) is 100. The van der Waals surface area contributed by atoms with Gasteiger partial charge in [-0.1, -0.05) is 60.8 Å². The van der Waals surface area contributed by atoms with Crippen molar-refractivity contribution in [2.24, 2.45) is 51.5 Å². The Hall–Kier alpha value is -13.3. The number of anilines is 8. The van der Waals surface area contributed by atoms with Crippen molar-refractivity contribution in [3.8, 4) is 55.6 Å². The van der Waals surface area contributed by atoms with Crippen LogP contribution < -0.4 is 68.1 Å². The van der Waals surface area contributed by atoms with Crippen LogP contribution in [0, 0.1) is 16.2 Å². The molecule has 23 rings (SSSR count). The third kappa shape index (κ3) is 20.7. The number of alkyl halides is 1. The van der Waals surface area contributed by atoms with Crippen molar-refractivity contribution in [3.63, 3.8) is 0 Å². The molecular formula is C112H124ClN13O16S3. The summed E-state index contributed by atoms with van der Waals surface area (Å²) in [5, 5.41) is 21.3. The standard InChI is InChI=1S/C26H29N3O4.C22H25N3O3S.C22H25N3O.C21H23ClN2O3S.C21H22N2O5S/c1-28-16-21(18-3-2-4-19(18)25(28)33)20-15-17(27-23(30)7-8-24(31)32)5-6-22(20)29-13-11-26(9-10-26)12-14-29;1-24-13-19(16-4-3-5-17(16)21(24)26)18-12-15(23-29(2,27)28)6-7-20(18)25-11-10-22(14-25)8-9-22;1-24-14-19(16-3-2-4-17(16)21(24)26)18-13-15(23)5-6-20(18)25-11-9-22(7-8-22)10-12-25;1-23-13-19(16-6-3-7-17(16)21(23)25)18-11-15(28(2,26)27)8-9-20(18)24-10-4-5-14(24)12-22;1-22-12-17(14-5-3-6-15(14)20(22)24)16-11-13(29(2,27)28)8-9-18(16)23-10-4-7-19(23)21(25)26/h2-3,5-6,15-16H,4,7-14H2,1H3,(H,27,30)(H,31,32);3-4,6-7,12-13,23H,5,8-11,14H2,1-2H3;2-3,5-6,13-14H,4,7-12,23H2,1H3;3,6,8-9,11,13-14H,4-5,7,10,12H2,1-2H3;3,5,8-9,11-12,19H,4,6-7,10H2,1-2H3,(H,25,26). The van der Waals surface area contributed by atoms with E-state index in [0.717, 1.165) is 207 Å². The molecule has 33 heteroatoms. The van der Waals surface area contributed by atoms with Crippen LogP contribution in [0.3, 0.4) is 0 Å². The highest BCUT2D eigenvalue weighted by Gasteiger charge is 2.49. The average Bonchev–Trinajstić information content (AvgIpc) is 1.63. The maximum absolute atomic E-state index is 12.7. The van der Waals surface area contributed by atoms with Gasteiger partial charge in [0.25, 0.3) is 27.8 Å². The van der Waals surface area contributed by atoms with E-state index in [1.165, 1.54) is 93.2 Å². The number of halogens is 1. The van der Waals surface area contributed by atoms with Crippen molar-refractivity contribution in [2.45, 2.75) is 163 Å². The number of aryl methyl sites for hydroxylation is 5. The lowest BCUT2D eigenvalue weighted by molar-refractivity contribution is -0.139. The molecule has 2 unspecified atom stereocenters. The minimum atomic E-state index is -3.46. The Morgan fingerprint density at radius 1 is 0.393 bits per heavy atom. The van der Waals surface area contributed by atoms with Crippen molar-refractivity contribution in [3.05, 3.63) is 260 Å². The molecule has 145 heavy (non-hydrogen) atoms. The number of nitrogens with zero attached hydrogens (tertiary/aromatic N) is 10. The molecule has 8 fully saturated rings. The molecule has 5 saturated heterocycles. The van der Waals surface area contributed by atoms with E-state index in [9.17, 15) is 68.7 Å². The Morgan fingerprint density at radius 3 is 1.10 bits per heavy atom. The SMILES string of the molecule is Cn1cc(-c2cc(N)ccc2N2CCC3(CC2)CC3)c2c(c1=O)CC=C2.Cn1cc(-c2cc(NC(=O)CCC(=O)O)ccc2N2CCC3(CC2)CC3)c2c(c1=O)CC=C2.Cn1cc(-c2cc(NS(C)(=O)=O)ccc2N2CCC3(CC3)C2)c2c(c1=O)CC=C2.Cn1cc(-c2cc(S(C)(=O)=O)ccc2N2CCCC2C(=O)O)c2c(c1=O)CC=C2.Cn1cc(-c2cc(S(C)(=O)=O)ccc2N2CCCC2CCl)c2c(c1=O)CC=C2. The second-order valence-corrected chi connectivity index (χ2v) is 47.8. The van der Waals surface area contributed by atoms with Crippen molar-refractivity contribution in [1.82, 2.24) is 22.8 Å². The largest absolute Gasteiger partial charge is 0.481 e. The quantitative estimate of drug-likeness (QED) is 0.0349. The Morgan fingerprint density at radius 2 is 0.731 bits per heavy atom. The molecule has 6 N–H and O–H groups in total. The van der Waals surface area contributed by atoms with Gasteiger partial charge in [-0.25, -0.2) is 30.0 Å². The van der Waals surface area contributed by atoms with Gasteiger partial charge in [0, 0.05) is 278 Å². The summed E-state index contributed by atoms with van der Waals surface area (Å²) < 4.78 is 83.1. The van der Waals surface area contributed by atoms with Crippen LogP contribution in [0.25, 0.3) is 86.0 Å². The molecule has 13 aliphatic rings. The monoisotopic (exact) mass is 2040 g/mol. The number of aliphatic carboxylic acids is 2. The fraction of sp³-hybridized carbons (Fsp3) is 0.393. The van der Waals surface area contributed by atoms with Crippen LogP contribution in [0.4, 0.5) is 45.5 Å². The Labute approximate surface area is 849 Å². The fourth-order valence-corrected chi connectivity index (χ4v) is 25.2. The smallest absolute Gasteiger partial charge is 0.326 e. The van der Waals surface area contributed by atoms with Crippen LogP contribution in [0.5, 0.6) is 0 Å². The number of piperidine rings is 2. The molecular weight excluding hydrogens is 1910 g/mol. The summed E-state index contributed by atoms with van der Waals surface area (Å²) in [6.07, 6.45) is 53.2. The number of carbonyl (C=O) groups is 3. The van der Waals surface area contributed by atoms with Gasteiger partial charge in [0.2, 0.25) is 15.9 Å². The lowest BCUT2D eigenvalue weighted by atomic mass is 9.91. The van der Waals surface area contributed by atoms with Crippen LogP contribution in [0.1, 0.15) is 165 Å². The Kier molecular flexibility index (Phi) is 27.4. The molecule has 5 aromatic heterocycles. The van der Waals surface area contributed by atoms with Crippen LogP contribution in [0.15, 0.2) is 186 Å². The second-order valence-electron chi connectivity index (χ2n) is 41.7. The zero-order valence-electron chi connectivity index (χ0n) is 83.2. The zero-order valence-corrected chi connectivity index (χ0v) is 86.4. The van der Waals surface area contributed by atoms with Crippen LogP contribution in [-0.2, 0) is 111 Å². The van der Waals surface area contributed by atoms with Crippen molar-refractivity contribution >= 4 is 135 Å². The van der Waals surface area contributed by atoms with Gasteiger partial charge >= 0.3 is 11.9 Å². The van der Waals surface area contributed by atoms with Gasteiger partial charge in [-0.05, 0) is 263 Å². The fourth-order valence-electron chi connectivity index (χ4n) is 23.0. The number of benzene rings is 5. The second kappa shape index (κ2) is 39.6. The number of hydrogen-bond acceptors (Lipinski definition) is 20. The molecule has 29 nitrogen and oxygen atoms in total. The number of aromatic nitrogens is 5. The van der Waals surface area contributed by atoms with Crippen LogP contribution >= 0.6 is 11.6 Å². The summed E-state index contributed by atoms with van der Waals surface area (Å²) in [4.78, 5) is 109. The number of sulfone groups is 2. The average molecular weight is 2040 g/mol. The number of nitrogens with one attached hydrogen (secondary N) is 2. The molecule has 10 heterocycles. The first-order chi connectivity index (χ1) is 69.1. The summed E-state index contributed by atoms with van der Waals surface area (Å²) in [6, 6.07) is 27.5. The summed E-state index contributed by atoms with van der Waals surface area (Å²) in [6.45, 7) is 7.74. The van der Waals surface area contributed by atoms with Gasteiger partial charge in [0.1, 0.15) is 6.04 Å². The number of carbonyl (C=O) groups excluding carboxylic acids is 1. The van der Waals surface area contributed by atoms with Gasteiger partial charge in [-0.3, -0.25) is 38.3 Å². The summed E-state index contributed by atoms with van der Waals surface area (Å²) >= 11 is 6.20. The third-order valence-electron chi connectivity index (χ3n) is 31.7. The number of fused-ring (bicyclic) bond motifs is 5. The lowest BCUT2D eigenvalue weighted by Gasteiger charge is -2.35. The molecule has 1 amide bonds. The number of sulfonamides is 1. The molecule has 0 radical (unpaired) electrons. The predicted octanol–water partition coefficient (Wildman–Crippen LogP) is 15.7. The van der Waals surface area contributed by atoms with E-state index < -0.39 is 47.7 Å². The van der Waals surface area contributed by atoms with E-state index in [2.05, 4.69) is 53.9 Å². The number of rotatable bonds is 20. The van der Waals surface area contributed by atoms with Gasteiger partial charge < -0.3 is 68.6 Å². The zero-order chi connectivity index (χ0) is 102. The molecule has 0 bridgehead atoms. The number of carboxylic acids is 2. The Bertz CT molecular complexity index is 7870. The van der Waals surface area contributed by atoms with E-state index in [1.54, 1.807) is 76.9 Å². The summed E-state index contributed by atoms with van der Waals surface area (Å²) in [5.74, 6) is -1.69. The number of nitrogens with two attached hydrogens (primary N) is 1. The molecule has 3 saturated carbocycles. The minimum absolute atomic E-state index is 0.00984. The highest BCUT2D eigenvalue weighted by molar-refractivity contribution is 7.92. The minimum Gasteiger partial charge on any atom is -0.481 e. The first-order valence-electron chi connectivity index (χ1n) is 50.0. The number of pyridine rings is 5. The Balaban J connectivity index is 0.000000115. The molecule has 10 aromatic rings. The van der Waals surface area contributed by atoms with Gasteiger partial charge in [-0.15, -0.1) is 11.6 Å². The van der Waals surface area contributed by atoms with E-state index >= 15 is 0 Å². The number of amides is 1.